The average molecular weight is 475 g/mol. The normalized spacial score (nSPS) is 11.7. The third-order valence-corrected chi connectivity index (χ3v) is 7.36. The first-order valence-corrected chi connectivity index (χ1v) is 12.0. The standard InChI is InChI=1S/C25H22N4O4S/c1-15-24(28-25(26-15)27-16(2)30)22-14-29(23-11-9-19(33-3)13-21(22)23)34(31,32)20-10-8-17-6-4-5-7-18(17)12-20/h4-14H,1-3H3,(H2,26,27,28,30). The van der Waals surface area contributed by atoms with Crippen molar-refractivity contribution in [2.24, 2.45) is 0 Å². The number of ether oxygens (including phenoxy) is 1. The maximum atomic E-state index is 13.8. The molecule has 0 radical (unpaired) electrons. The Morgan fingerprint density at radius 1 is 1.06 bits per heavy atom. The van der Waals surface area contributed by atoms with Crippen LogP contribution in [0.1, 0.15) is 12.6 Å². The van der Waals surface area contributed by atoms with E-state index >= 15 is 0 Å². The summed E-state index contributed by atoms with van der Waals surface area (Å²) in [6, 6.07) is 17.9. The summed E-state index contributed by atoms with van der Waals surface area (Å²) < 4.78 is 34.2. The molecule has 0 aliphatic heterocycles. The van der Waals surface area contributed by atoms with E-state index in [0.29, 0.717) is 39.6 Å². The van der Waals surface area contributed by atoms with Crippen molar-refractivity contribution in [1.29, 1.82) is 0 Å². The van der Waals surface area contributed by atoms with Gasteiger partial charge in [0.1, 0.15) is 5.75 Å². The first-order valence-electron chi connectivity index (χ1n) is 10.6. The Bertz CT molecular complexity index is 1680. The topological polar surface area (TPSA) is 106 Å². The van der Waals surface area contributed by atoms with Crippen LogP contribution in [0.5, 0.6) is 5.75 Å². The van der Waals surface area contributed by atoms with Crippen molar-refractivity contribution < 1.29 is 17.9 Å². The van der Waals surface area contributed by atoms with Crippen molar-refractivity contribution in [1.82, 2.24) is 13.9 Å². The van der Waals surface area contributed by atoms with Gasteiger partial charge in [-0.2, -0.15) is 0 Å². The van der Waals surface area contributed by atoms with Gasteiger partial charge in [-0.25, -0.2) is 17.4 Å². The molecule has 5 rings (SSSR count). The van der Waals surface area contributed by atoms with Gasteiger partial charge < -0.3 is 9.72 Å². The number of aryl methyl sites for hydroxylation is 1. The minimum Gasteiger partial charge on any atom is -0.497 e. The van der Waals surface area contributed by atoms with Gasteiger partial charge in [-0.3, -0.25) is 10.1 Å². The first-order chi connectivity index (χ1) is 16.3. The quantitative estimate of drug-likeness (QED) is 0.384. The fourth-order valence-electron chi connectivity index (χ4n) is 4.08. The van der Waals surface area contributed by atoms with E-state index in [0.717, 1.165) is 10.8 Å². The lowest BCUT2D eigenvalue weighted by molar-refractivity contribution is -0.114. The summed E-state index contributed by atoms with van der Waals surface area (Å²) in [5, 5.41) is 5.09. The smallest absolute Gasteiger partial charge is 0.268 e. The van der Waals surface area contributed by atoms with E-state index in [9.17, 15) is 13.2 Å². The Labute approximate surface area is 196 Å². The van der Waals surface area contributed by atoms with Gasteiger partial charge in [0.2, 0.25) is 11.9 Å². The predicted molar refractivity (Wildman–Crippen MR) is 132 cm³/mol. The number of hydrogen-bond acceptors (Lipinski definition) is 5. The van der Waals surface area contributed by atoms with Gasteiger partial charge in [0.15, 0.2) is 0 Å². The predicted octanol–water partition coefficient (Wildman–Crippen LogP) is 4.70. The minimum absolute atomic E-state index is 0.183. The molecule has 8 nitrogen and oxygen atoms in total. The highest BCUT2D eigenvalue weighted by Crippen LogP contribution is 2.36. The van der Waals surface area contributed by atoms with Crippen LogP contribution in [0.4, 0.5) is 5.95 Å². The van der Waals surface area contributed by atoms with E-state index in [1.54, 1.807) is 49.7 Å². The van der Waals surface area contributed by atoms with E-state index in [-0.39, 0.29) is 10.8 Å². The number of rotatable bonds is 5. The van der Waals surface area contributed by atoms with Crippen molar-refractivity contribution in [3.8, 4) is 17.0 Å². The van der Waals surface area contributed by atoms with E-state index in [4.69, 9.17) is 4.74 Å². The Kier molecular flexibility index (Phi) is 5.13. The molecule has 0 aliphatic rings. The SMILES string of the molecule is COc1ccc2c(c1)c(-c1nc(NC(C)=O)[nH]c1C)cn2S(=O)(=O)c1ccc2ccccc2c1. The maximum absolute atomic E-state index is 13.8. The maximum Gasteiger partial charge on any atom is 0.268 e. The van der Waals surface area contributed by atoms with Gasteiger partial charge >= 0.3 is 0 Å². The van der Waals surface area contributed by atoms with Crippen LogP contribution in [-0.2, 0) is 14.8 Å². The van der Waals surface area contributed by atoms with Crippen LogP contribution in [0.2, 0.25) is 0 Å². The zero-order valence-electron chi connectivity index (χ0n) is 18.8. The molecule has 0 spiro atoms. The lowest BCUT2D eigenvalue weighted by Gasteiger charge is -2.09. The van der Waals surface area contributed by atoms with Crippen molar-refractivity contribution in [2.45, 2.75) is 18.7 Å². The number of hydrogen-bond donors (Lipinski definition) is 2. The number of nitrogens with one attached hydrogen (secondary N) is 2. The summed E-state index contributed by atoms with van der Waals surface area (Å²) in [5.41, 5.74) is 2.32. The summed E-state index contributed by atoms with van der Waals surface area (Å²) >= 11 is 0. The summed E-state index contributed by atoms with van der Waals surface area (Å²) in [7, 11) is -2.37. The molecule has 3 aromatic carbocycles. The van der Waals surface area contributed by atoms with E-state index in [2.05, 4.69) is 15.3 Å². The highest BCUT2D eigenvalue weighted by atomic mass is 32.2. The fraction of sp³-hybridized carbons (Fsp3) is 0.120. The number of nitrogens with zero attached hydrogens (tertiary/aromatic N) is 2. The van der Waals surface area contributed by atoms with Crippen molar-refractivity contribution >= 4 is 43.6 Å². The van der Waals surface area contributed by atoms with Crippen LogP contribution in [0.3, 0.4) is 0 Å². The molecule has 0 saturated heterocycles. The highest BCUT2D eigenvalue weighted by molar-refractivity contribution is 7.90. The highest BCUT2D eigenvalue weighted by Gasteiger charge is 2.24. The van der Waals surface area contributed by atoms with E-state index in [1.807, 2.05) is 31.2 Å². The molecular weight excluding hydrogens is 452 g/mol. The molecule has 0 saturated carbocycles. The van der Waals surface area contributed by atoms with Gasteiger partial charge in [0.05, 0.1) is 23.2 Å². The second kappa shape index (κ2) is 8.03. The molecule has 1 amide bonds. The molecule has 5 aromatic rings. The molecule has 34 heavy (non-hydrogen) atoms. The Hall–Kier alpha value is -4.11. The Morgan fingerprint density at radius 3 is 2.56 bits per heavy atom. The summed E-state index contributed by atoms with van der Waals surface area (Å²) in [6.45, 7) is 3.21. The molecule has 0 unspecified atom stereocenters. The van der Waals surface area contributed by atoms with Crippen LogP contribution in [0.25, 0.3) is 32.9 Å². The lowest BCUT2D eigenvalue weighted by atomic mass is 10.1. The van der Waals surface area contributed by atoms with Crippen molar-refractivity contribution in [3.63, 3.8) is 0 Å². The van der Waals surface area contributed by atoms with Gasteiger partial charge in [0, 0.05) is 29.8 Å². The number of aromatic amines is 1. The third-order valence-electron chi connectivity index (χ3n) is 5.69. The number of H-pyrrole nitrogens is 1. The number of benzene rings is 3. The number of amides is 1. The first kappa shape index (κ1) is 21.7. The van der Waals surface area contributed by atoms with Gasteiger partial charge in [0.25, 0.3) is 10.0 Å². The van der Waals surface area contributed by atoms with Crippen LogP contribution in [-0.4, -0.2) is 35.4 Å². The molecule has 0 aliphatic carbocycles. The largest absolute Gasteiger partial charge is 0.497 e. The number of imidazole rings is 1. The summed E-state index contributed by atoms with van der Waals surface area (Å²) in [5.74, 6) is 0.620. The van der Waals surface area contributed by atoms with Crippen LogP contribution in [0.15, 0.2) is 71.8 Å². The van der Waals surface area contributed by atoms with Crippen LogP contribution >= 0.6 is 0 Å². The summed E-state index contributed by atoms with van der Waals surface area (Å²) in [6.07, 6.45) is 1.56. The van der Waals surface area contributed by atoms with Gasteiger partial charge in [-0.15, -0.1) is 0 Å². The van der Waals surface area contributed by atoms with E-state index in [1.165, 1.54) is 10.9 Å². The number of anilines is 1. The molecule has 172 valence electrons. The molecule has 9 heteroatoms. The third kappa shape index (κ3) is 3.60. The molecule has 0 fully saturated rings. The van der Waals surface area contributed by atoms with Crippen LogP contribution < -0.4 is 10.1 Å². The number of carbonyl (C=O) groups is 1. The fourth-order valence-corrected chi connectivity index (χ4v) is 5.49. The zero-order chi connectivity index (χ0) is 24.0. The van der Waals surface area contributed by atoms with Crippen molar-refractivity contribution in [3.05, 3.63) is 72.6 Å². The number of fused-ring (bicyclic) bond motifs is 2. The minimum atomic E-state index is -3.92. The molecule has 2 aromatic heterocycles. The molecular formula is C25H22N4O4S. The molecule has 2 N–H and O–H groups in total. The lowest BCUT2D eigenvalue weighted by Crippen LogP contribution is -2.11. The van der Waals surface area contributed by atoms with E-state index < -0.39 is 10.0 Å². The number of methoxy groups -OCH3 is 1. The van der Waals surface area contributed by atoms with Gasteiger partial charge in [-0.1, -0.05) is 30.3 Å². The Morgan fingerprint density at radius 2 is 1.82 bits per heavy atom. The number of aromatic nitrogens is 3. The second-order valence-corrected chi connectivity index (χ2v) is 9.79. The van der Waals surface area contributed by atoms with Crippen molar-refractivity contribution in [2.75, 3.05) is 12.4 Å². The number of carbonyl (C=O) groups excluding carboxylic acids is 1. The summed E-state index contributed by atoms with van der Waals surface area (Å²) in [4.78, 5) is 19.2. The molecule has 2 heterocycles. The average Bonchev–Trinajstić information content (AvgIpc) is 3.37. The van der Waals surface area contributed by atoms with Gasteiger partial charge in [-0.05, 0) is 48.0 Å². The molecule has 0 atom stereocenters. The molecule has 0 bridgehead atoms. The Balaban J connectivity index is 1.73. The monoisotopic (exact) mass is 474 g/mol. The second-order valence-electron chi connectivity index (χ2n) is 7.98. The van der Waals surface area contributed by atoms with Crippen LogP contribution in [0, 0.1) is 6.92 Å². The zero-order valence-corrected chi connectivity index (χ0v) is 19.6.